The maximum absolute atomic E-state index is 12.1. The van der Waals surface area contributed by atoms with Crippen LogP contribution in [0.5, 0.6) is 0 Å². The third-order valence-corrected chi connectivity index (χ3v) is 3.88. The quantitative estimate of drug-likeness (QED) is 0.778. The maximum atomic E-state index is 12.1. The van der Waals surface area contributed by atoms with Gasteiger partial charge in [-0.25, -0.2) is 4.79 Å². The first kappa shape index (κ1) is 14.4. The summed E-state index contributed by atoms with van der Waals surface area (Å²) in [4.78, 5) is 13.6. The zero-order chi connectivity index (χ0) is 15.7. The van der Waals surface area contributed by atoms with E-state index >= 15 is 0 Å². The number of aliphatic hydroxyl groups excluding tert-OH is 1. The first-order valence-electron chi connectivity index (χ1n) is 7.16. The minimum Gasteiger partial charge on any atom is -0.456 e. The molecule has 0 radical (unpaired) electrons. The van der Waals surface area contributed by atoms with Crippen LogP contribution in [-0.2, 0) is 0 Å². The van der Waals surface area contributed by atoms with Gasteiger partial charge in [0.15, 0.2) is 0 Å². The van der Waals surface area contributed by atoms with Crippen molar-refractivity contribution in [1.29, 1.82) is 0 Å². The molecule has 3 aromatic rings. The molecule has 3 rings (SSSR count). The Kier molecular flexibility index (Phi) is 3.73. The van der Waals surface area contributed by atoms with Crippen molar-refractivity contribution < 1.29 is 14.3 Å². The predicted molar refractivity (Wildman–Crippen MR) is 87.0 cm³/mol. The summed E-state index contributed by atoms with van der Waals surface area (Å²) in [5, 5.41) is 14.0. The Bertz CT molecular complexity index is 825. The van der Waals surface area contributed by atoms with Crippen LogP contribution in [0, 0.1) is 0 Å². The molecule has 0 saturated heterocycles. The maximum Gasteiger partial charge on any atom is 0.321 e. The van der Waals surface area contributed by atoms with Gasteiger partial charge in [-0.2, -0.15) is 0 Å². The summed E-state index contributed by atoms with van der Waals surface area (Å²) in [6.07, 6.45) is 0. The zero-order valence-corrected chi connectivity index (χ0v) is 12.5. The van der Waals surface area contributed by atoms with E-state index in [9.17, 15) is 4.79 Å². The van der Waals surface area contributed by atoms with Crippen molar-refractivity contribution in [3.05, 3.63) is 42.5 Å². The van der Waals surface area contributed by atoms with Crippen LogP contribution < -0.4 is 5.32 Å². The van der Waals surface area contributed by atoms with Gasteiger partial charge in [0.25, 0.3) is 0 Å². The minimum absolute atomic E-state index is 0.0769. The number of likely N-dealkylation sites (N-methyl/N-ethyl adjacent to an activating group) is 1. The third kappa shape index (κ3) is 2.51. The second-order valence-electron chi connectivity index (χ2n) is 5.38. The average Bonchev–Trinajstić information content (AvgIpc) is 2.90. The van der Waals surface area contributed by atoms with E-state index in [4.69, 9.17) is 9.52 Å². The number of benzene rings is 2. The highest BCUT2D eigenvalue weighted by Gasteiger charge is 2.15. The number of fused-ring (bicyclic) bond motifs is 3. The summed E-state index contributed by atoms with van der Waals surface area (Å²) >= 11 is 0. The number of nitrogens with one attached hydrogen (secondary N) is 1. The zero-order valence-electron chi connectivity index (χ0n) is 12.5. The van der Waals surface area contributed by atoms with Crippen LogP contribution in [0.2, 0.25) is 0 Å². The number of amides is 2. The molecule has 0 aliphatic carbocycles. The highest BCUT2D eigenvalue weighted by molar-refractivity contribution is 6.06. The van der Waals surface area contributed by atoms with Gasteiger partial charge >= 0.3 is 6.03 Å². The molecule has 0 aliphatic rings. The normalized spacial score (nSPS) is 12.5. The predicted octanol–water partition coefficient (Wildman–Crippen LogP) is 3.43. The monoisotopic (exact) mass is 298 g/mol. The van der Waals surface area contributed by atoms with E-state index in [-0.39, 0.29) is 18.7 Å². The van der Waals surface area contributed by atoms with Crippen LogP contribution in [0.3, 0.4) is 0 Å². The summed E-state index contributed by atoms with van der Waals surface area (Å²) in [7, 11) is 1.65. The highest BCUT2D eigenvalue weighted by Crippen LogP contribution is 2.30. The van der Waals surface area contributed by atoms with Gasteiger partial charge in [0, 0.05) is 29.6 Å². The summed E-state index contributed by atoms with van der Waals surface area (Å²) in [5.74, 6) is 0. The molecule has 114 valence electrons. The van der Waals surface area contributed by atoms with Crippen molar-refractivity contribution >= 4 is 33.7 Å². The Morgan fingerprint density at radius 1 is 1.23 bits per heavy atom. The molecule has 5 nitrogen and oxygen atoms in total. The Labute approximate surface area is 128 Å². The number of furan rings is 1. The fourth-order valence-corrected chi connectivity index (χ4v) is 2.34. The van der Waals surface area contributed by atoms with Crippen molar-refractivity contribution in [3.63, 3.8) is 0 Å². The summed E-state index contributed by atoms with van der Waals surface area (Å²) in [6, 6.07) is 12.9. The lowest BCUT2D eigenvalue weighted by Crippen LogP contribution is -2.40. The standard InChI is InChI=1S/C17H18N2O3/c1-11(10-20)19(2)17(21)18-12-7-8-14-13-5-3-4-6-15(13)22-16(14)9-12/h3-9,11,20H,10H2,1-2H3,(H,18,21). The lowest BCUT2D eigenvalue weighted by molar-refractivity contribution is 0.166. The van der Waals surface area contributed by atoms with E-state index in [0.29, 0.717) is 5.69 Å². The lowest BCUT2D eigenvalue weighted by Gasteiger charge is -2.23. The number of hydrogen-bond acceptors (Lipinski definition) is 3. The van der Waals surface area contributed by atoms with Crippen LogP contribution in [0.1, 0.15) is 6.92 Å². The molecule has 1 atom stereocenters. The highest BCUT2D eigenvalue weighted by atomic mass is 16.3. The first-order chi connectivity index (χ1) is 10.6. The second kappa shape index (κ2) is 5.69. The Balaban J connectivity index is 1.89. The molecular weight excluding hydrogens is 280 g/mol. The molecule has 0 aliphatic heterocycles. The number of para-hydroxylation sites is 1. The number of nitrogens with zero attached hydrogens (tertiary/aromatic N) is 1. The van der Waals surface area contributed by atoms with Gasteiger partial charge in [-0.15, -0.1) is 0 Å². The fourth-order valence-electron chi connectivity index (χ4n) is 2.34. The van der Waals surface area contributed by atoms with E-state index in [1.54, 1.807) is 14.0 Å². The number of aliphatic hydroxyl groups is 1. The Morgan fingerprint density at radius 3 is 2.73 bits per heavy atom. The van der Waals surface area contributed by atoms with Crippen LogP contribution in [0.15, 0.2) is 46.9 Å². The topological polar surface area (TPSA) is 65.7 Å². The molecule has 2 amide bonds. The van der Waals surface area contributed by atoms with E-state index < -0.39 is 0 Å². The largest absolute Gasteiger partial charge is 0.456 e. The molecule has 22 heavy (non-hydrogen) atoms. The molecular formula is C17H18N2O3. The number of carbonyl (C=O) groups excluding carboxylic acids is 1. The summed E-state index contributed by atoms with van der Waals surface area (Å²) in [5.41, 5.74) is 2.22. The smallest absolute Gasteiger partial charge is 0.321 e. The molecule has 1 heterocycles. The van der Waals surface area contributed by atoms with Gasteiger partial charge in [0.2, 0.25) is 0 Å². The van der Waals surface area contributed by atoms with Gasteiger partial charge in [-0.3, -0.25) is 0 Å². The van der Waals surface area contributed by atoms with Crippen LogP contribution >= 0.6 is 0 Å². The molecule has 0 bridgehead atoms. The Hall–Kier alpha value is -2.53. The number of urea groups is 1. The summed E-state index contributed by atoms with van der Waals surface area (Å²) < 4.78 is 5.80. The van der Waals surface area contributed by atoms with Crippen LogP contribution in [0.4, 0.5) is 10.5 Å². The van der Waals surface area contributed by atoms with Crippen LogP contribution in [-0.4, -0.2) is 35.7 Å². The van der Waals surface area contributed by atoms with E-state index in [0.717, 1.165) is 21.9 Å². The van der Waals surface area contributed by atoms with Gasteiger partial charge < -0.3 is 19.7 Å². The van der Waals surface area contributed by atoms with Crippen molar-refractivity contribution in [2.24, 2.45) is 0 Å². The second-order valence-corrected chi connectivity index (χ2v) is 5.38. The Morgan fingerprint density at radius 2 is 1.95 bits per heavy atom. The van der Waals surface area contributed by atoms with Gasteiger partial charge in [-0.1, -0.05) is 18.2 Å². The van der Waals surface area contributed by atoms with Crippen LogP contribution in [0.25, 0.3) is 21.9 Å². The molecule has 1 aromatic heterocycles. The van der Waals surface area contributed by atoms with Crippen molar-refractivity contribution in [2.45, 2.75) is 13.0 Å². The minimum atomic E-state index is -0.267. The van der Waals surface area contributed by atoms with Crippen molar-refractivity contribution in [3.8, 4) is 0 Å². The number of rotatable bonds is 3. The molecule has 0 saturated carbocycles. The molecule has 2 N–H and O–H groups in total. The lowest BCUT2D eigenvalue weighted by atomic mass is 10.1. The number of anilines is 1. The number of carbonyl (C=O) groups is 1. The van der Waals surface area contributed by atoms with Gasteiger partial charge in [0.1, 0.15) is 11.2 Å². The van der Waals surface area contributed by atoms with Crippen molar-refractivity contribution in [1.82, 2.24) is 4.90 Å². The number of hydrogen-bond donors (Lipinski definition) is 2. The molecule has 1 unspecified atom stereocenters. The fraction of sp³-hybridized carbons (Fsp3) is 0.235. The SMILES string of the molecule is CC(CO)N(C)C(=O)Nc1ccc2c(c1)oc1ccccc12. The first-order valence-corrected chi connectivity index (χ1v) is 7.16. The van der Waals surface area contributed by atoms with Gasteiger partial charge in [-0.05, 0) is 25.1 Å². The third-order valence-electron chi connectivity index (χ3n) is 3.88. The van der Waals surface area contributed by atoms with E-state index in [2.05, 4.69) is 5.32 Å². The molecule has 0 fully saturated rings. The van der Waals surface area contributed by atoms with E-state index in [1.165, 1.54) is 4.90 Å². The summed E-state index contributed by atoms with van der Waals surface area (Å²) in [6.45, 7) is 1.70. The van der Waals surface area contributed by atoms with E-state index in [1.807, 2.05) is 42.5 Å². The molecule has 0 spiro atoms. The van der Waals surface area contributed by atoms with Gasteiger partial charge in [0.05, 0.1) is 12.6 Å². The average molecular weight is 298 g/mol. The van der Waals surface area contributed by atoms with Crippen molar-refractivity contribution in [2.75, 3.05) is 19.0 Å². The molecule has 5 heteroatoms. The molecule has 2 aromatic carbocycles.